The molecule has 4 rings (SSSR count). The van der Waals surface area contributed by atoms with E-state index in [4.69, 9.17) is 0 Å². The van der Waals surface area contributed by atoms with E-state index in [1.54, 1.807) is 12.4 Å². The van der Waals surface area contributed by atoms with Crippen molar-refractivity contribution < 1.29 is 4.79 Å². The Hall–Kier alpha value is -3.10. The number of aromatic amines is 1. The molecule has 9 nitrogen and oxygen atoms in total. The van der Waals surface area contributed by atoms with Gasteiger partial charge in [0.2, 0.25) is 5.65 Å². The SMILES string of the molecule is CCc1cc(N2CCC(NC(=O)c3cnc4n[nH]nc4c3)CC2)ncn1. The van der Waals surface area contributed by atoms with Crippen LogP contribution in [0.15, 0.2) is 24.7 Å². The predicted octanol–water partition coefficient (Wildman–Crippen LogP) is 1.10. The molecule has 3 aromatic rings. The van der Waals surface area contributed by atoms with Crippen molar-refractivity contribution in [1.82, 2.24) is 35.7 Å². The normalized spacial score (nSPS) is 15.3. The number of aryl methyl sites for hydroxylation is 1. The molecule has 3 aromatic heterocycles. The first kappa shape index (κ1) is 16.4. The topological polar surface area (TPSA) is 113 Å². The van der Waals surface area contributed by atoms with E-state index in [2.05, 4.69) is 47.5 Å². The number of carbonyl (C=O) groups excluding carboxylic acids is 1. The Labute approximate surface area is 150 Å². The third kappa shape index (κ3) is 3.32. The summed E-state index contributed by atoms with van der Waals surface area (Å²) < 4.78 is 0. The van der Waals surface area contributed by atoms with E-state index < -0.39 is 0 Å². The molecule has 4 heterocycles. The second-order valence-electron chi connectivity index (χ2n) is 6.35. The lowest BCUT2D eigenvalue weighted by molar-refractivity contribution is 0.0931. The summed E-state index contributed by atoms with van der Waals surface area (Å²) in [6.07, 6.45) is 5.79. The van der Waals surface area contributed by atoms with Crippen LogP contribution in [0.25, 0.3) is 11.2 Å². The second-order valence-corrected chi connectivity index (χ2v) is 6.35. The number of carbonyl (C=O) groups is 1. The van der Waals surface area contributed by atoms with Gasteiger partial charge in [-0.3, -0.25) is 4.79 Å². The minimum atomic E-state index is -0.129. The highest BCUT2D eigenvalue weighted by atomic mass is 16.1. The standard InChI is InChI=1S/C17H20N8O/c1-2-12-8-15(20-10-19-12)25-5-3-13(4-6-25)21-17(26)11-7-14-16(18-9-11)23-24-22-14/h7-10,13H,2-6H2,1H3,(H,21,26)(H,18,22,23,24). The molecule has 0 unspecified atom stereocenters. The zero-order valence-corrected chi connectivity index (χ0v) is 14.5. The fraction of sp³-hybridized carbons (Fsp3) is 0.412. The van der Waals surface area contributed by atoms with Crippen molar-refractivity contribution in [3.8, 4) is 0 Å². The monoisotopic (exact) mass is 352 g/mol. The van der Waals surface area contributed by atoms with Crippen molar-refractivity contribution in [2.45, 2.75) is 32.2 Å². The molecular formula is C17H20N8O. The number of H-pyrrole nitrogens is 1. The predicted molar refractivity (Wildman–Crippen MR) is 95.8 cm³/mol. The van der Waals surface area contributed by atoms with E-state index in [1.807, 2.05) is 6.07 Å². The number of amides is 1. The van der Waals surface area contributed by atoms with Crippen LogP contribution in [0.2, 0.25) is 0 Å². The number of fused-ring (bicyclic) bond motifs is 1. The van der Waals surface area contributed by atoms with Crippen molar-refractivity contribution in [2.24, 2.45) is 0 Å². The maximum atomic E-state index is 12.5. The van der Waals surface area contributed by atoms with Gasteiger partial charge in [0.15, 0.2) is 0 Å². The Balaban J connectivity index is 1.36. The van der Waals surface area contributed by atoms with Crippen LogP contribution in [0.3, 0.4) is 0 Å². The lowest BCUT2D eigenvalue weighted by atomic mass is 10.0. The van der Waals surface area contributed by atoms with Crippen molar-refractivity contribution in [3.05, 3.63) is 35.9 Å². The highest BCUT2D eigenvalue weighted by molar-refractivity contribution is 5.96. The van der Waals surface area contributed by atoms with Crippen LogP contribution in [0.4, 0.5) is 5.82 Å². The Morgan fingerprint density at radius 3 is 2.88 bits per heavy atom. The third-order valence-corrected chi connectivity index (χ3v) is 4.66. The minimum Gasteiger partial charge on any atom is -0.356 e. The minimum absolute atomic E-state index is 0.129. The Bertz CT molecular complexity index is 916. The molecule has 1 saturated heterocycles. The van der Waals surface area contributed by atoms with E-state index in [1.165, 1.54) is 6.20 Å². The van der Waals surface area contributed by atoms with E-state index in [9.17, 15) is 4.79 Å². The van der Waals surface area contributed by atoms with Gasteiger partial charge >= 0.3 is 0 Å². The molecule has 0 spiro atoms. The largest absolute Gasteiger partial charge is 0.356 e. The van der Waals surface area contributed by atoms with E-state index in [0.717, 1.165) is 43.9 Å². The number of hydrogen-bond donors (Lipinski definition) is 2. The molecule has 1 aliphatic heterocycles. The summed E-state index contributed by atoms with van der Waals surface area (Å²) in [5.74, 6) is 0.832. The molecule has 26 heavy (non-hydrogen) atoms. The molecule has 0 radical (unpaired) electrons. The Morgan fingerprint density at radius 2 is 2.08 bits per heavy atom. The molecule has 2 N–H and O–H groups in total. The van der Waals surface area contributed by atoms with Crippen molar-refractivity contribution >= 4 is 22.9 Å². The van der Waals surface area contributed by atoms with Crippen LogP contribution in [-0.4, -0.2) is 55.4 Å². The van der Waals surface area contributed by atoms with Crippen LogP contribution in [0.1, 0.15) is 35.8 Å². The fourth-order valence-corrected chi connectivity index (χ4v) is 3.14. The number of piperidine rings is 1. The summed E-state index contributed by atoms with van der Waals surface area (Å²) in [5.41, 5.74) is 2.63. The van der Waals surface area contributed by atoms with Gasteiger partial charge in [-0.2, -0.15) is 10.3 Å². The summed E-state index contributed by atoms with van der Waals surface area (Å²) in [5, 5.41) is 13.5. The molecule has 1 amide bonds. The van der Waals surface area contributed by atoms with Gasteiger partial charge in [-0.1, -0.05) is 6.92 Å². The first-order valence-corrected chi connectivity index (χ1v) is 8.76. The first-order valence-electron chi connectivity index (χ1n) is 8.76. The van der Waals surface area contributed by atoms with Gasteiger partial charge in [-0.25, -0.2) is 15.0 Å². The summed E-state index contributed by atoms with van der Waals surface area (Å²) in [4.78, 5) is 27.5. The van der Waals surface area contributed by atoms with Gasteiger partial charge in [-0.15, -0.1) is 5.10 Å². The number of nitrogens with zero attached hydrogens (tertiary/aromatic N) is 6. The van der Waals surface area contributed by atoms with Crippen LogP contribution in [0.5, 0.6) is 0 Å². The van der Waals surface area contributed by atoms with Crippen molar-refractivity contribution in [3.63, 3.8) is 0 Å². The van der Waals surface area contributed by atoms with E-state index in [-0.39, 0.29) is 11.9 Å². The molecule has 0 aromatic carbocycles. The van der Waals surface area contributed by atoms with Crippen molar-refractivity contribution in [2.75, 3.05) is 18.0 Å². The molecular weight excluding hydrogens is 332 g/mol. The Kier molecular flexibility index (Phi) is 4.42. The Morgan fingerprint density at radius 1 is 1.23 bits per heavy atom. The number of hydrogen-bond acceptors (Lipinski definition) is 7. The summed E-state index contributed by atoms with van der Waals surface area (Å²) in [6.45, 7) is 3.79. The van der Waals surface area contributed by atoms with Gasteiger partial charge in [0, 0.05) is 37.1 Å². The van der Waals surface area contributed by atoms with Crippen LogP contribution in [-0.2, 0) is 6.42 Å². The van der Waals surface area contributed by atoms with Gasteiger partial charge in [0.25, 0.3) is 5.91 Å². The van der Waals surface area contributed by atoms with Gasteiger partial charge in [0.05, 0.1) is 5.56 Å². The molecule has 0 saturated carbocycles. The fourth-order valence-electron chi connectivity index (χ4n) is 3.14. The molecule has 0 aliphatic carbocycles. The number of anilines is 1. The second kappa shape index (κ2) is 7.03. The number of aromatic nitrogens is 6. The highest BCUT2D eigenvalue weighted by Gasteiger charge is 2.22. The summed E-state index contributed by atoms with van der Waals surface area (Å²) >= 11 is 0. The molecule has 1 fully saturated rings. The average molecular weight is 352 g/mol. The maximum Gasteiger partial charge on any atom is 0.253 e. The van der Waals surface area contributed by atoms with Gasteiger partial charge in [-0.05, 0) is 25.3 Å². The van der Waals surface area contributed by atoms with Crippen molar-refractivity contribution in [1.29, 1.82) is 0 Å². The zero-order valence-electron chi connectivity index (χ0n) is 14.5. The number of nitrogens with one attached hydrogen (secondary N) is 2. The maximum absolute atomic E-state index is 12.5. The first-order chi connectivity index (χ1) is 12.7. The average Bonchev–Trinajstić information content (AvgIpc) is 3.16. The summed E-state index contributed by atoms with van der Waals surface area (Å²) in [7, 11) is 0. The van der Waals surface area contributed by atoms with Gasteiger partial charge < -0.3 is 10.2 Å². The molecule has 0 bridgehead atoms. The summed E-state index contributed by atoms with van der Waals surface area (Å²) in [6, 6.07) is 3.88. The third-order valence-electron chi connectivity index (χ3n) is 4.66. The molecule has 1 aliphatic rings. The molecule has 0 atom stereocenters. The highest BCUT2D eigenvalue weighted by Crippen LogP contribution is 2.19. The molecule has 9 heteroatoms. The lowest BCUT2D eigenvalue weighted by Gasteiger charge is -2.33. The van der Waals surface area contributed by atoms with Crippen LogP contribution >= 0.6 is 0 Å². The van der Waals surface area contributed by atoms with E-state index >= 15 is 0 Å². The molecule has 134 valence electrons. The smallest absolute Gasteiger partial charge is 0.253 e. The van der Waals surface area contributed by atoms with Crippen LogP contribution in [0, 0.1) is 0 Å². The van der Waals surface area contributed by atoms with Gasteiger partial charge in [0.1, 0.15) is 17.7 Å². The lowest BCUT2D eigenvalue weighted by Crippen LogP contribution is -2.45. The number of rotatable bonds is 4. The number of pyridine rings is 1. The van der Waals surface area contributed by atoms with Crippen LogP contribution < -0.4 is 10.2 Å². The zero-order chi connectivity index (χ0) is 17.9. The quantitative estimate of drug-likeness (QED) is 0.723. The van der Waals surface area contributed by atoms with E-state index in [0.29, 0.717) is 16.7 Å².